The number of fused-ring (bicyclic) bond motifs is 1. The smallest absolute Gasteiger partial charge is 0.320 e. The molecule has 1 aliphatic heterocycles. The van der Waals surface area contributed by atoms with Crippen molar-refractivity contribution in [2.75, 3.05) is 19.7 Å². The number of carboxylic acids is 1. The topological polar surface area (TPSA) is 60.8 Å². The first kappa shape index (κ1) is 10.9. The summed E-state index contributed by atoms with van der Waals surface area (Å²) in [4.78, 5) is 12.9. The minimum absolute atomic E-state index is 0.00368. The molecule has 4 nitrogen and oxygen atoms in total. The molecule has 0 amide bonds. The minimum atomic E-state index is -0.761. The van der Waals surface area contributed by atoms with Gasteiger partial charge in [-0.2, -0.15) is 0 Å². The van der Waals surface area contributed by atoms with Crippen molar-refractivity contribution in [2.45, 2.75) is 32.2 Å². The molecule has 1 saturated heterocycles. The monoisotopic (exact) mass is 213 g/mol. The van der Waals surface area contributed by atoms with Gasteiger partial charge in [-0.3, -0.25) is 9.69 Å². The van der Waals surface area contributed by atoms with Crippen LogP contribution in [0.4, 0.5) is 0 Å². The zero-order valence-corrected chi connectivity index (χ0v) is 9.15. The second kappa shape index (κ2) is 3.76. The Hall–Kier alpha value is -0.610. The van der Waals surface area contributed by atoms with Crippen molar-refractivity contribution in [1.29, 1.82) is 0 Å². The molecule has 2 rings (SSSR count). The highest BCUT2D eigenvalue weighted by Crippen LogP contribution is 2.48. The summed E-state index contributed by atoms with van der Waals surface area (Å²) in [6, 6.07) is -0.418. The van der Waals surface area contributed by atoms with Gasteiger partial charge >= 0.3 is 5.97 Å². The number of aliphatic carboxylic acids is 1. The second-order valence-electron chi connectivity index (χ2n) is 5.05. The van der Waals surface area contributed by atoms with Crippen LogP contribution >= 0.6 is 0 Å². The third-order valence-electron chi connectivity index (χ3n) is 4.29. The largest absolute Gasteiger partial charge is 0.480 e. The Labute approximate surface area is 89.9 Å². The van der Waals surface area contributed by atoms with E-state index in [0.29, 0.717) is 5.92 Å². The number of hydrogen-bond donors (Lipinski definition) is 2. The molecule has 0 aromatic heterocycles. The zero-order chi connectivity index (χ0) is 11.1. The summed E-state index contributed by atoms with van der Waals surface area (Å²) in [5.74, 6) is -0.257. The Morgan fingerprint density at radius 1 is 1.67 bits per heavy atom. The Morgan fingerprint density at radius 2 is 2.40 bits per heavy atom. The lowest BCUT2D eigenvalue weighted by molar-refractivity contribution is -0.142. The van der Waals surface area contributed by atoms with E-state index in [2.05, 4.69) is 0 Å². The maximum Gasteiger partial charge on any atom is 0.320 e. The van der Waals surface area contributed by atoms with E-state index in [4.69, 9.17) is 5.11 Å². The fourth-order valence-corrected chi connectivity index (χ4v) is 3.17. The molecule has 4 heteroatoms. The third kappa shape index (κ3) is 1.66. The van der Waals surface area contributed by atoms with Gasteiger partial charge in [0.15, 0.2) is 0 Å². The molecule has 1 saturated carbocycles. The molecular formula is C11H19NO3. The van der Waals surface area contributed by atoms with Crippen LogP contribution in [0.1, 0.15) is 26.2 Å². The lowest BCUT2D eigenvalue weighted by Gasteiger charge is -2.27. The molecule has 1 aliphatic carbocycles. The van der Waals surface area contributed by atoms with Gasteiger partial charge in [-0.1, -0.05) is 6.42 Å². The molecule has 2 aliphatic rings. The predicted molar refractivity (Wildman–Crippen MR) is 55.5 cm³/mol. The van der Waals surface area contributed by atoms with Crippen LogP contribution in [0.2, 0.25) is 0 Å². The highest BCUT2D eigenvalue weighted by atomic mass is 16.4. The third-order valence-corrected chi connectivity index (χ3v) is 4.29. The Bertz CT molecular complexity index is 269. The summed E-state index contributed by atoms with van der Waals surface area (Å²) < 4.78 is 0. The average molecular weight is 213 g/mol. The van der Waals surface area contributed by atoms with Gasteiger partial charge < -0.3 is 10.2 Å². The Balaban J connectivity index is 2.08. The first-order valence-electron chi connectivity index (χ1n) is 5.67. The highest BCUT2D eigenvalue weighted by Gasteiger charge is 2.50. The number of carboxylic acid groups (broad SMARTS) is 1. The minimum Gasteiger partial charge on any atom is -0.480 e. The maximum absolute atomic E-state index is 10.9. The Morgan fingerprint density at radius 3 is 2.93 bits per heavy atom. The van der Waals surface area contributed by atoms with Crippen molar-refractivity contribution in [3.8, 4) is 0 Å². The van der Waals surface area contributed by atoms with Crippen molar-refractivity contribution in [3.05, 3.63) is 0 Å². The summed E-state index contributed by atoms with van der Waals surface area (Å²) in [5.41, 5.74) is 0.00368. The molecule has 1 heterocycles. The summed E-state index contributed by atoms with van der Waals surface area (Å²) >= 11 is 0. The van der Waals surface area contributed by atoms with Gasteiger partial charge in [0, 0.05) is 18.5 Å². The fraction of sp³-hybridized carbons (Fsp3) is 0.909. The van der Waals surface area contributed by atoms with Gasteiger partial charge in [0.25, 0.3) is 0 Å². The quantitative estimate of drug-likeness (QED) is 0.719. The maximum atomic E-state index is 10.9. The normalized spacial score (nSPS) is 37.9. The molecule has 0 bridgehead atoms. The van der Waals surface area contributed by atoms with Gasteiger partial charge in [0.1, 0.15) is 6.04 Å². The molecule has 2 N–H and O–H groups in total. The van der Waals surface area contributed by atoms with Crippen molar-refractivity contribution in [2.24, 2.45) is 11.3 Å². The molecule has 2 fully saturated rings. The van der Waals surface area contributed by atoms with Gasteiger partial charge in [-0.25, -0.2) is 0 Å². The standard InChI is InChI=1S/C11H19NO3/c1-8(10(14)15)12-5-9-3-2-4-11(9,6-12)7-13/h8-9,13H,2-7H2,1H3,(H,14,15)/t8-,9-,11-/m1/s1. The van der Waals surface area contributed by atoms with E-state index >= 15 is 0 Å². The molecule has 0 unspecified atom stereocenters. The molecular weight excluding hydrogens is 194 g/mol. The average Bonchev–Trinajstić information content (AvgIpc) is 2.72. The van der Waals surface area contributed by atoms with Crippen LogP contribution < -0.4 is 0 Å². The van der Waals surface area contributed by atoms with Crippen LogP contribution in [-0.2, 0) is 4.79 Å². The van der Waals surface area contributed by atoms with E-state index in [0.717, 1.165) is 25.9 Å². The summed E-state index contributed by atoms with van der Waals surface area (Å²) in [6.07, 6.45) is 3.38. The molecule has 86 valence electrons. The van der Waals surface area contributed by atoms with Crippen LogP contribution in [-0.4, -0.2) is 46.8 Å². The van der Waals surface area contributed by atoms with E-state index in [1.54, 1.807) is 6.92 Å². The molecule has 0 radical (unpaired) electrons. The van der Waals surface area contributed by atoms with Crippen LogP contribution in [0.5, 0.6) is 0 Å². The van der Waals surface area contributed by atoms with E-state index in [1.165, 1.54) is 6.42 Å². The summed E-state index contributed by atoms with van der Waals surface area (Å²) in [7, 11) is 0. The van der Waals surface area contributed by atoms with Crippen LogP contribution in [0.25, 0.3) is 0 Å². The van der Waals surface area contributed by atoms with Gasteiger partial charge in [-0.05, 0) is 25.7 Å². The highest BCUT2D eigenvalue weighted by molar-refractivity contribution is 5.72. The van der Waals surface area contributed by atoms with Crippen molar-refractivity contribution < 1.29 is 15.0 Å². The zero-order valence-electron chi connectivity index (χ0n) is 9.15. The Kier molecular flexibility index (Phi) is 2.73. The van der Waals surface area contributed by atoms with Gasteiger partial charge in [-0.15, -0.1) is 0 Å². The number of nitrogens with zero attached hydrogens (tertiary/aromatic N) is 1. The fourth-order valence-electron chi connectivity index (χ4n) is 3.17. The number of aliphatic hydroxyl groups is 1. The van der Waals surface area contributed by atoms with Gasteiger partial charge in [0.05, 0.1) is 6.61 Å². The summed E-state index contributed by atoms with van der Waals surface area (Å²) in [5, 5.41) is 18.4. The second-order valence-corrected chi connectivity index (χ2v) is 5.05. The lowest BCUT2D eigenvalue weighted by Crippen LogP contribution is -2.39. The lowest BCUT2D eigenvalue weighted by atomic mass is 9.82. The number of likely N-dealkylation sites (tertiary alicyclic amines) is 1. The molecule has 0 aromatic carbocycles. The SMILES string of the molecule is C[C@H](C(=O)O)N1C[C@H]2CCC[C@]2(CO)C1. The number of rotatable bonds is 3. The first-order chi connectivity index (χ1) is 7.09. The van der Waals surface area contributed by atoms with E-state index in [9.17, 15) is 9.90 Å². The van der Waals surface area contributed by atoms with Crippen LogP contribution in [0.15, 0.2) is 0 Å². The molecule has 0 spiro atoms. The number of aliphatic hydroxyl groups excluding tert-OH is 1. The predicted octanol–water partition coefficient (Wildman–Crippen LogP) is 0.554. The van der Waals surface area contributed by atoms with Crippen LogP contribution in [0.3, 0.4) is 0 Å². The molecule has 0 aromatic rings. The van der Waals surface area contributed by atoms with E-state index in [1.807, 2.05) is 4.90 Å². The molecule has 3 atom stereocenters. The van der Waals surface area contributed by atoms with Crippen LogP contribution in [0, 0.1) is 11.3 Å². The first-order valence-corrected chi connectivity index (χ1v) is 5.67. The van der Waals surface area contributed by atoms with E-state index in [-0.39, 0.29) is 12.0 Å². The van der Waals surface area contributed by atoms with Crippen molar-refractivity contribution in [1.82, 2.24) is 4.90 Å². The van der Waals surface area contributed by atoms with E-state index < -0.39 is 12.0 Å². The van der Waals surface area contributed by atoms with Gasteiger partial charge in [0.2, 0.25) is 0 Å². The summed E-state index contributed by atoms with van der Waals surface area (Å²) in [6.45, 7) is 3.53. The number of carbonyl (C=O) groups is 1. The van der Waals surface area contributed by atoms with Crippen molar-refractivity contribution in [3.63, 3.8) is 0 Å². The number of hydrogen-bond acceptors (Lipinski definition) is 3. The van der Waals surface area contributed by atoms with Crippen molar-refractivity contribution >= 4 is 5.97 Å². The molecule has 15 heavy (non-hydrogen) atoms.